The van der Waals surface area contributed by atoms with Gasteiger partial charge in [-0.2, -0.15) is 5.10 Å². The van der Waals surface area contributed by atoms with Crippen LogP contribution in [0.3, 0.4) is 0 Å². The summed E-state index contributed by atoms with van der Waals surface area (Å²) in [5.74, 6) is 0.0930. The Kier molecular flexibility index (Phi) is 5.10. The lowest BCUT2D eigenvalue weighted by Crippen LogP contribution is -2.19. The summed E-state index contributed by atoms with van der Waals surface area (Å²) in [7, 11) is 0. The van der Waals surface area contributed by atoms with E-state index in [4.69, 9.17) is 0 Å². The molecule has 2 aromatic carbocycles. The van der Waals surface area contributed by atoms with Crippen LogP contribution in [0.1, 0.15) is 24.5 Å². The molecule has 0 fully saturated rings. The van der Waals surface area contributed by atoms with Crippen molar-refractivity contribution in [2.45, 2.75) is 19.8 Å². The van der Waals surface area contributed by atoms with Gasteiger partial charge in [-0.25, -0.2) is 5.43 Å². The van der Waals surface area contributed by atoms with Crippen LogP contribution in [0.5, 0.6) is 5.75 Å². The van der Waals surface area contributed by atoms with Gasteiger partial charge in [-0.05, 0) is 48.7 Å². The largest absolute Gasteiger partial charge is 0.508 e. The van der Waals surface area contributed by atoms with Crippen molar-refractivity contribution in [2.24, 2.45) is 5.10 Å². The standard InChI is InChI=1S/C17H18N2O2/c1-13(15-8-10-16(20)11-9-15)18-19-17(21)12-7-14-5-3-2-4-6-14/h2-6,8-11,20H,7,12H2,1H3,(H,19,21). The number of carbonyl (C=O) groups excluding carboxylic acids is 1. The molecule has 1 amide bonds. The lowest BCUT2D eigenvalue weighted by molar-refractivity contribution is -0.121. The molecule has 0 saturated heterocycles. The van der Waals surface area contributed by atoms with Gasteiger partial charge < -0.3 is 5.11 Å². The minimum absolute atomic E-state index is 0.114. The van der Waals surface area contributed by atoms with E-state index in [2.05, 4.69) is 10.5 Å². The van der Waals surface area contributed by atoms with Crippen molar-refractivity contribution in [1.82, 2.24) is 5.43 Å². The van der Waals surface area contributed by atoms with Gasteiger partial charge in [-0.3, -0.25) is 4.79 Å². The van der Waals surface area contributed by atoms with E-state index in [0.717, 1.165) is 11.1 Å². The summed E-state index contributed by atoms with van der Waals surface area (Å²) in [6.07, 6.45) is 1.09. The number of rotatable bonds is 5. The van der Waals surface area contributed by atoms with Crippen molar-refractivity contribution in [1.29, 1.82) is 0 Å². The maximum Gasteiger partial charge on any atom is 0.240 e. The van der Waals surface area contributed by atoms with Crippen LogP contribution in [0, 0.1) is 0 Å². The van der Waals surface area contributed by atoms with Crippen LogP contribution in [-0.4, -0.2) is 16.7 Å². The van der Waals surface area contributed by atoms with Crippen LogP contribution < -0.4 is 5.43 Å². The van der Waals surface area contributed by atoms with E-state index in [0.29, 0.717) is 18.6 Å². The van der Waals surface area contributed by atoms with Gasteiger partial charge in [-0.15, -0.1) is 0 Å². The summed E-state index contributed by atoms with van der Waals surface area (Å²) >= 11 is 0. The lowest BCUT2D eigenvalue weighted by Gasteiger charge is -2.03. The van der Waals surface area contributed by atoms with Crippen LogP contribution in [0.25, 0.3) is 0 Å². The highest BCUT2D eigenvalue weighted by Crippen LogP contribution is 2.10. The predicted molar refractivity (Wildman–Crippen MR) is 83.2 cm³/mol. The highest BCUT2D eigenvalue weighted by atomic mass is 16.3. The molecule has 4 nitrogen and oxygen atoms in total. The van der Waals surface area contributed by atoms with Gasteiger partial charge in [0.15, 0.2) is 0 Å². The van der Waals surface area contributed by atoms with Crippen molar-refractivity contribution < 1.29 is 9.90 Å². The van der Waals surface area contributed by atoms with Crippen LogP contribution in [0.2, 0.25) is 0 Å². The van der Waals surface area contributed by atoms with Crippen LogP contribution in [0.15, 0.2) is 59.7 Å². The number of amides is 1. The molecule has 0 saturated carbocycles. The zero-order valence-electron chi connectivity index (χ0n) is 11.9. The van der Waals surface area contributed by atoms with E-state index in [1.54, 1.807) is 24.3 Å². The molecule has 108 valence electrons. The molecule has 0 spiro atoms. The van der Waals surface area contributed by atoms with E-state index in [9.17, 15) is 9.90 Å². The van der Waals surface area contributed by atoms with Crippen molar-refractivity contribution in [3.8, 4) is 5.75 Å². The molecule has 0 atom stereocenters. The lowest BCUT2D eigenvalue weighted by atomic mass is 10.1. The van der Waals surface area contributed by atoms with Crippen molar-refractivity contribution in [2.75, 3.05) is 0 Å². The maximum atomic E-state index is 11.7. The Hall–Kier alpha value is -2.62. The van der Waals surface area contributed by atoms with E-state index < -0.39 is 0 Å². The summed E-state index contributed by atoms with van der Waals surface area (Å²) in [5, 5.41) is 13.3. The quantitative estimate of drug-likeness (QED) is 0.654. The minimum Gasteiger partial charge on any atom is -0.508 e. The van der Waals surface area contributed by atoms with Gasteiger partial charge in [0.1, 0.15) is 5.75 Å². The molecular weight excluding hydrogens is 264 g/mol. The number of aryl methyl sites for hydroxylation is 1. The predicted octanol–water partition coefficient (Wildman–Crippen LogP) is 2.87. The Labute approximate surface area is 124 Å². The molecule has 0 aliphatic rings. The van der Waals surface area contributed by atoms with Crippen molar-refractivity contribution >= 4 is 11.6 Å². The number of carbonyl (C=O) groups is 1. The molecule has 2 N–H and O–H groups in total. The highest BCUT2D eigenvalue weighted by molar-refractivity contribution is 5.99. The first-order valence-corrected chi connectivity index (χ1v) is 6.81. The second kappa shape index (κ2) is 7.24. The van der Waals surface area contributed by atoms with Gasteiger partial charge in [0.25, 0.3) is 0 Å². The second-order valence-electron chi connectivity index (χ2n) is 4.76. The average Bonchev–Trinajstić information content (AvgIpc) is 2.52. The Morgan fingerprint density at radius 2 is 1.76 bits per heavy atom. The molecule has 21 heavy (non-hydrogen) atoms. The first-order chi connectivity index (χ1) is 10.1. The molecule has 0 heterocycles. The number of phenolic OH excluding ortho intramolecular Hbond substituents is 1. The molecule has 0 radical (unpaired) electrons. The fourth-order valence-electron chi connectivity index (χ4n) is 1.87. The number of phenols is 1. The monoisotopic (exact) mass is 282 g/mol. The first-order valence-electron chi connectivity index (χ1n) is 6.81. The molecule has 0 bridgehead atoms. The summed E-state index contributed by atoms with van der Waals surface area (Å²) in [4.78, 5) is 11.7. The van der Waals surface area contributed by atoms with Gasteiger partial charge in [0.2, 0.25) is 5.91 Å². The SMILES string of the molecule is CC(=NNC(=O)CCc1ccccc1)c1ccc(O)cc1. The van der Waals surface area contributed by atoms with Gasteiger partial charge >= 0.3 is 0 Å². The smallest absolute Gasteiger partial charge is 0.240 e. The third kappa shape index (κ3) is 4.76. The summed E-state index contributed by atoms with van der Waals surface area (Å²) < 4.78 is 0. The Balaban J connectivity index is 1.85. The molecule has 2 aromatic rings. The van der Waals surface area contributed by atoms with E-state index in [1.165, 1.54) is 0 Å². The Morgan fingerprint density at radius 1 is 1.10 bits per heavy atom. The maximum absolute atomic E-state index is 11.7. The van der Waals surface area contributed by atoms with Crippen molar-refractivity contribution in [3.63, 3.8) is 0 Å². The second-order valence-corrected chi connectivity index (χ2v) is 4.76. The van der Waals surface area contributed by atoms with Crippen molar-refractivity contribution in [3.05, 3.63) is 65.7 Å². The van der Waals surface area contributed by atoms with Crippen LogP contribution in [-0.2, 0) is 11.2 Å². The number of nitrogens with zero attached hydrogens (tertiary/aromatic N) is 1. The number of hydrogen-bond donors (Lipinski definition) is 2. The molecule has 0 aliphatic heterocycles. The molecule has 0 aromatic heterocycles. The van der Waals surface area contributed by atoms with Gasteiger partial charge in [0, 0.05) is 6.42 Å². The number of hydrogen-bond acceptors (Lipinski definition) is 3. The number of nitrogens with one attached hydrogen (secondary N) is 1. The zero-order valence-corrected chi connectivity index (χ0v) is 11.9. The summed E-state index contributed by atoms with van der Waals surface area (Å²) in [6.45, 7) is 1.81. The Bertz CT molecular complexity index is 619. The fourth-order valence-corrected chi connectivity index (χ4v) is 1.87. The van der Waals surface area contributed by atoms with E-state index in [-0.39, 0.29) is 11.7 Å². The molecule has 2 rings (SSSR count). The molecular formula is C17H18N2O2. The van der Waals surface area contributed by atoms with E-state index in [1.807, 2.05) is 37.3 Å². The molecule has 0 aliphatic carbocycles. The van der Waals surface area contributed by atoms with Crippen LogP contribution >= 0.6 is 0 Å². The van der Waals surface area contributed by atoms with E-state index >= 15 is 0 Å². The number of hydrazone groups is 1. The molecule has 0 unspecified atom stereocenters. The third-order valence-electron chi connectivity index (χ3n) is 3.12. The highest BCUT2D eigenvalue weighted by Gasteiger charge is 2.02. The van der Waals surface area contributed by atoms with Gasteiger partial charge in [0.05, 0.1) is 5.71 Å². The van der Waals surface area contributed by atoms with Crippen LogP contribution in [0.4, 0.5) is 0 Å². The minimum atomic E-state index is -0.114. The summed E-state index contributed by atoms with van der Waals surface area (Å²) in [6, 6.07) is 16.6. The Morgan fingerprint density at radius 3 is 2.43 bits per heavy atom. The molecule has 4 heteroatoms. The first kappa shape index (κ1) is 14.8. The normalized spacial score (nSPS) is 11.2. The fraction of sp³-hybridized carbons (Fsp3) is 0.176. The summed E-state index contributed by atoms with van der Waals surface area (Å²) in [5.41, 5.74) is 5.24. The average molecular weight is 282 g/mol. The van der Waals surface area contributed by atoms with Gasteiger partial charge in [-0.1, -0.05) is 30.3 Å². The topological polar surface area (TPSA) is 61.7 Å². The zero-order chi connectivity index (χ0) is 15.1. The third-order valence-corrected chi connectivity index (χ3v) is 3.12. The number of benzene rings is 2. The number of aromatic hydroxyl groups is 1.